The Morgan fingerprint density at radius 2 is 0.783 bits per heavy atom. The molecule has 0 aliphatic rings. The van der Waals surface area contributed by atoms with Gasteiger partial charge in [-0.3, -0.25) is 9.59 Å². The van der Waals surface area contributed by atoms with Crippen LogP contribution in [-0.4, -0.2) is 80.6 Å². The van der Waals surface area contributed by atoms with Gasteiger partial charge in [0, 0.05) is 19.3 Å². The average molecular weight is 955 g/mol. The molecule has 0 amide bonds. The van der Waals surface area contributed by atoms with E-state index in [9.17, 15) is 19.5 Å². The average Bonchev–Trinajstić information content (AvgIpc) is 3.31. The number of carboxylic acids is 1. The van der Waals surface area contributed by atoms with Crippen LogP contribution >= 0.6 is 0 Å². The number of allylic oxidation sites excluding steroid dienone is 24. The minimum Gasteiger partial charge on any atom is -0.477 e. The Bertz CT molecular complexity index is 1630. The number of carbonyl (C=O) groups excluding carboxylic acids is 2. The first kappa shape index (κ1) is 64.2. The van der Waals surface area contributed by atoms with Crippen molar-refractivity contribution in [3.05, 3.63) is 146 Å². The zero-order valence-corrected chi connectivity index (χ0v) is 43.9. The number of rotatable bonds is 45. The summed E-state index contributed by atoms with van der Waals surface area (Å²) in [7, 11) is 5.50. The van der Waals surface area contributed by atoms with Crippen LogP contribution in [0.15, 0.2) is 146 Å². The third kappa shape index (κ3) is 48.0. The Hall–Kier alpha value is -4.79. The van der Waals surface area contributed by atoms with Crippen LogP contribution < -0.4 is 0 Å². The number of carbonyl (C=O) groups is 3. The Kier molecular flexibility index (Phi) is 46.2. The van der Waals surface area contributed by atoms with Crippen molar-refractivity contribution in [3.63, 3.8) is 0 Å². The monoisotopic (exact) mass is 955 g/mol. The molecular weight excluding hydrogens is 859 g/mol. The van der Waals surface area contributed by atoms with Gasteiger partial charge in [0.2, 0.25) is 0 Å². The van der Waals surface area contributed by atoms with Gasteiger partial charge in [0.15, 0.2) is 12.1 Å². The van der Waals surface area contributed by atoms with Gasteiger partial charge in [0.25, 0.3) is 0 Å². The van der Waals surface area contributed by atoms with E-state index in [2.05, 4.69) is 160 Å². The molecule has 0 aromatic carbocycles. The lowest BCUT2D eigenvalue weighted by molar-refractivity contribution is -0.887. The minimum absolute atomic E-state index is 0.0255. The fourth-order valence-corrected chi connectivity index (χ4v) is 6.75. The zero-order valence-electron chi connectivity index (χ0n) is 43.9. The first-order chi connectivity index (χ1) is 33.6. The van der Waals surface area contributed by atoms with Crippen LogP contribution in [0, 0.1) is 0 Å². The van der Waals surface area contributed by atoms with E-state index in [-0.39, 0.29) is 49.1 Å². The number of unbranched alkanes of at least 4 members (excludes halogenated alkanes) is 7. The summed E-state index contributed by atoms with van der Waals surface area (Å²) < 4.78 is 17.3. The number of likely N-dealkylation sites (N-methyl/N-ethyl adjacent to an activating group) is 1. The van der Waals surface area contributed by atoms with Crippen molar-refractivity contribution in [2.75, 3.05) is 41.0 Å². The summed E-state index contributed by atoms with van der Waals surface area (Å²) in [6.45, 7) is 4.41. The maximum Gasteiger partial charge on any atom is 0.362 e. The van der Waals surface area contributed by atoms with E-state index in [0.29, 0.717) is 12.8 Å². The summed E-state index contributed by atoms with van der Waals surface area (Å²) in [5, 5.41) is 9.66. The van der Waals surface area contributed by atoms with Crippen molar-refractivity contribution in [2.45, 2.75) is 180 Å². The third-order valence-electron chi connectivity index (χ3n) is 10.7. The van der Waals surface area contributed by atoms with Crippen molar-refractivity contribution >= 4 is 17.9 Å². The molecule has 0 radical (unpaired) electrons. The highest BCUT2D eigenvalue weighted by Gasteiger charge is 2.31. The fourth-order valence-electron chi connectivity index (χ4n) is 6.75. The largest absolute Gasteiger partial charge is 0.477 e. The van der Waals surface area contributed by atoms with Crippen molar-refractivity contribution in [3.8, 4) is 0 Å². The Balaban J connectivity index is 4.41. The minimum atomic E-state index is -0.892. The van der Waals surface area contributed by atoms with Gasteiger partial charge in [0.05, 0.1) is 34.4 Å². The zero-order chi connectivity index (χ0) is 50.6. The van der Waals surface area contributed by atoms with Crippen molar-refractivity contribution in [1.29, 1.82) is 0 Å². The fraction of sp³-hybridized carbons (Fsp3) is 0.557. The summed E-state index contributed by atoms with van der Waals surface area (Å²) in [4.78, 5) is 37.2. The van der Waals surface area contributed by atoms with E-state index in [4.69, 9.17) is 14.2 Å². The second-order valence-electron chi connectivity index (χ2n) is 18.0. The number of nitrogens with zero attached hydrogens (tertiary/aromatic N) is 1. The number of ether oxygens (including phenoxy) is 3. The van der Waals surface area contributed by atoms with E-state index >= 15 is 0 Å². The first-order valence-corrected chi connectivity index (χ1v) is 26.4. The predicted molar refractivity (Wildman–Crippen MR) is 293 cm³/mol. The predicted octanol–water partition coefficient (Wildman–Crippen LogP) is 15.7. The van der Waals surface area contributed by atoms with Crippen LogP contribution in [0.1, 0.15) is 168 Å². The molecule has 0 aliphatic carbocycles. The van der Waals surface area contributed by atoms with Crippen LogP contribution in [0.4, 0.5) is 0 Å². The van der Waals surface area contributed by atoms with E-state index in [1.165, 1.54) is 6.42 Å². The molecule has 1 N–H and O–H groups in total. The Morgan fingerprint density at radius 3 is 1.17 bits per heavy atom. The maximum absolute atomic E-state index is 12.8. The second kappa shape index (κ2) is 49.6. The number of quaternary nitrogens is 1. The van der Waals surface area contributed by atoms with Gasteiger partial charge in [-0.05, 0) is 109 Å². The molecule has 0 aromatic rings. The van der Waals surface area contributed by atoms with E-state index in [1.54, 1.807) is 0 Å². The molecule has 0 aromatic heterocycles. The highest BCUT2D eigenvalue weighted by atomic mass is 16.6. The SMILES string of the molecule is CC/C=C/C/C=C/C/C=C/C/C=C/C/C=C/C/C=C/C/C=C/CCCC(=O)OCC(COCCC(C(=O)O)[N+](C)(C)C)OC(=O)CCCCCCCC/C=C/C/C=C/C/C=C/C/C=C/C/C=C/CC. The van der Waals surface area contributed by atoms with Gasteiger partial charge < -0.3 is 23.8 Å². The van der Waals surface area contributed by atoms with Crippen LogP contribution in [0.3, 0.4) is 0 Å². The summed E-state index contributed by atoms with van der Waals surface area (Å²) in [5.74, 6) is -1.58. The normalized spacial score (nSPS) is 14.0. The van der Waals surface area contributed by atoms with Gasteiger partial charge in [-0.25, -0.2) is 4.79 Å². The van der Waals surface area contributed by atoms with Crippen LogP contribution in [-0.2, 0) is 28.6 Å². The molecule has 2 atom stereocenters. The molecule has 386 valence electrons. The van der Waals surface area contributed by atoms with Gasteiger partial charge in [-0.15, -0.1) is 0 Å². The first-order valence-electron chi connectivity index (χ1n) is 26.4. The lowest BCUT2D eigenvalue weighted by Crippen LogP contribution is -2.50. The van der Waals surface area contributed by atoms with E-state index in [1.807, 2.05) is 21.1 Å². The van der Waals surface area contributed by atoms with Gasteiger partial charge in [-0.1, -0.05) is 185 Å². The topological polar surface area (TPSA) is 99.1 Å². The molecule has 0 aliphatic heterocycles. The molecule has 0 spiro atoms. The summed E-state index contributed by atoms with van der Waals surface area (Å²) in [5.41, 5.74) is 0. The molecule has 2 unspecified atom stereocenters. The van der Waals surface area contributed by atoms with E-state index in [0.717, 1.165) is 122 Å². The van der Waals surface area contributed by atoms with Crippen molar-refractivity contribution < 1.29 is 38.2 Å². The number of hydrogen-bond donors (Lipinski definition) is 1. The lowest BCUT2D eigenvalue weighted by atomic mass is 10.1. The van der Waals surface area contributed by atoms with E-state index < -0.39 is 18.1 Å². The molecule has 0 heterocycles. The molecule has 0 fully saturated rings. The third-order valence-corrected chi connectivity index (χ3v) is 10.7. The van der Waals surface area contributed by atoms with Crippen LogP contribution in [0.2, 0.25) is 0 Å². The molecule has 8 heteroatoms. The summed E-state index contributed by atoms with van der Waals surface area (Å²) in [6, 6.07) is -0.637. The smallest absolute Gasteiger partial charge is 0.362 e. The number of aliphatic carboxylic acids is 1. The van der Waals surface area contributed by atoms with Gasteiger partial charge in [0.1, 0.15) is 6.61 Å². The molecule has 8 nitrogen and oxygen atoms in total. The highest BCUT2D eigenvalue weighted by Crippen LogP contribution is 2.13. The molecule has 0 saturated heterocycles. The molecular formula is C61H96NO7+. The Labute approximate surface area is 421 Å². The molecule has 0 rings (SSSR count). The summed E-state index contributed by atoms with van der Waals surface area (Å²) in [6.07, 6.45) is 73.3. The molecule has 0 bridgehead atoms. The van der Waals surface area contributed by atoms with Gasteiger partial charge in [-0.2, -0.15) is 0 Å². The van der Waals surface area contributed by atoms with Gasteiger partial charge >= 0.3 is 17.9 Å². The lowest BCUT2D eigenvalue weighted by Gasteiger charge is -2.31. The second-order valence-corrected chi connectivity index (χ2v) is 18.0. The number of esters is 2. The quantitative estimate of drug-likeness (QED) is 0.0281. The summed E-state index contributed by atoms with van der Waals surface area (Å²) >= 11 is 0. The highest BCUT2D eigenvalue weighted by molar-refractivity contribution is 5.72. The number of hydrogen-bond acceptors (Lipinski definition) is 6. The van der Waals surface area contributed by atoms with Crippen molar-refractivity contribution in [1.82, 2.24) is 0 Å². The maximum atomic E-state index is 12.8. The molecule has 0 saturated carbocycles. The number of carboxylic acid groups (broad SMARTS) is 1. The Morgan fingerprint density at radius 1 is 0.435 bits per heavy atom. The standard InChI is InChI=1S/C61H95NO7/c1-6-8-10-12-14-16-18-20-22-24-26-28-30-32-33-35-37-39-41-43-45-47-49-51-59(63)68-56-57(55-67-54-53-58(61(65)66)62(3,4)5)69-60(64)52-50-48-46-44-42-40-38-36-34-31-29-27-25-23-21-19-17-15-13-11-9-7-2/h8-11,14-17,20-23,26-29,32-34,36-37,39,43,45,57-58H,6-7,12-13,18-19,24-25,30-31,35,38,40-42,44,46-56H2,1-5H3/p+1/b10-8+,11-9+,16-14+,17-15+,22-20+,23-21+,28-26+,29-27+,33-32+,36-34+,39-37+,45-43+. The molecule has 69 heavy (non-hydrogen) atoms. The van der Waals surface area contributed by atoms with Crippen molar-refractivity contribution in [2.24, 2.45) is 0 Å². The van der Waals surface area contributed by atoms with Crippen LogP contribution in [0.25, 0.3) is 0 Å². The van der Waals surface area contributed by atoms with Crippen LogP contribution in [0.5, 0.6) is 0 Å².